The molecule has 3 rings (SSSR count). The van der Waals surface area contributed by atoms with Gasteiger partial charge < -0.3 is 17.2 Å². The van der Waals surface area contributed by atoms with Gasteiger partial charge in [0.2, 0.25) is 0 Å². The summed E-state index contributed by atoms with van der Waals surface area (Å²) in [6, 6.07) is 0. The molecule has 0 aromatic heterocycles. The molecule has 3 aliphatic rings. The van der Waals surface area contributed by atoms with Gasteiger partial charge in [0.1, 0.15) is 0 Å². The molecule has 3 unspecified atom stereocenters. The molecule has 4 heteroatoms. The number of halogens is 1. The van der Waals surface area contributed by atoms with E-state index in [0.717, 1.165) is 0 Å². The van der Waals surface area contributed by atoms with Gasteiger partial charge >= 0.3 is 23.1 Å². The summed E-state index contributed by atoms with van der Waals surface area (Å²) in [6.45, 7) is 13.4. The van der Waals surface area contributed by atoms with Crippen LogP contribution in [0.15, 0.2) is 72.9 Å². The summed E-state index contributed by atoms with van der Waals surface area (Å²) >= 11 is 0. The van der Waals surface area contributed by atoms with Gasteiger partial charge in [0.05, 0.1) is 0 Å². The van der Waals surface area contributed by atoms with Crippen molar-refractivity contribution in [3.8, 4) is 0 Å². The Hall–Kier alpha value is -0.327. The summed E-state index contributed by atoms with van der Waals surface area (Å²) in [5.41, 5.74) is -0.168. The Labute approximate surface area is 195 Å². The van der Waals surface area contributed by atoms with Crippen LogP contribution in [0.25, 0.3) is 0 Å². The maximum absolute atomic E-state index is 15.3. The van der Waals surface area contributed by atoms with E-state index in [4.69, 9.17) is 0 Å². The molecule has 3 aliphatic carbocycles. The summed E-state index contributed by atoms with van der Waals surface area (Å²) in [6.07, 6.45) is 26.0. The fourth-order valence-electron chi connectivity index (χ4n) is 5.27. The van der Waals surface area contributed by atoms with Gasteiger partial charge in [-0.2, -0.15) is 0 Å². The Kier molecular flexibility index (Phi) is 8.09. The summed E-state index contributed by atoms with van der Waals surface area (Å²) in [4.78, 5) is 15.3. The summed E-state index contributed by atoms with van der Waals surface area (Å²) in [7, 11) is -3.12. The first-order valence-corrected chi connectivity index (χ1v) is 11.9. The maximum Gasteiger partial charge on any atom is 2.00 e. The van der Waals surface area contributed by atoms with Crippen molar-refractivity contribution in [2.45, 2.75) is 58.2 Å². The van der Waals surface area contributed by atoms with E-state index in [2.05, 4.69) is 114 Å². The van der Waals surface area contributed by atoms with Crippen LogP contribution in [0.5, 0.6) is 0 Å². The van der Waals surface area contributed by atoms with Gasteiger partial charge in [0.15, 0.2) is 0 Å². The zero-order chi connectivity index (χ0) is 19.2. The minimum atomic E-state index is -3.12. The molecule has 0 aliphatic heterocycles. The Morgan fingerprint density at radius 2 is 0.821 bits per heavy atom. The molecule has 0 aromatic rings. The van der Waals surface area contributed by atoms with Crippen LogP contribution < -0.4 is 17.2 Å². The zero-order valence-electron chi connectivity index (χ0n) is 18.2. The molecule has 0 N–H and O–H groups in total. The molecule has 0 amide bonds. The zero-order valence-corrected chi connectivity index (χ0v) is 21.3. The minimum absolute atomic E-state index is 0. The largest absolute Gasteiger partial charge is 2.00 e. The molecule has 0 aromatic carbocycles. The first-order valence-electron chi connectivity index (χ1n) is 9.80. The van der Waals surface area contributed by atoms with Crippen molar-refractivity contribution in [1.82, 2.24) is 0 Å². The van der Waals surface area contributed by atoms with Crippen molar-refractivity contribution in [2.75, 3.05) is 0 Å². The molecule has 3 atom stereocenters. The van der Waals surface area contributed by atoms with E-state index in [1.54, 1.807) is 0 Å². The monoisotopic (exact) mass is 424 g/mol. The quantitative estimate of drug-likeness (QED) is 0.638. The van der Waals surface area contributed by atoms with Crippen LogP contribution in [0.4, 0.5) is 0 Å². The molecule has 28 heavy (non-hydrogen) atoms. The van der Waals surface area contributed by atoms with Crippen molar-refractivity contribution < 1.29 is 17.2 Å². The first-order chi connectivity index (χ1) is 12.0. The van der Waals surface area contributed by atoms with Gasteiger partial charge in [-0.25, -0.2) is 0 Å². The number of allylic oxidation sites excluding steroid dienone is 12. The third-order valence-electron chi connectivity index (χ3n) is 6.68. The first kappa shape index (κ1) is 25.7. The Bertz CT molecular complexity index is 642. The predicted molar refractivity (Wildman–Crippen MR) is 119 cm³/mol. The standard InChI is InChI=1S/C24H33OSi.ClH.Mg/c1-22(2)16-10-7-13-19(22)26(25,20-14-8-11-17-23(20,3)4)21-15-9-12-18-24(21,5)6;;/h7-21H,1-6H3;1H;/q-1;;+2/p-1. The van der Waals surface area contributed by atoms with Crippen LogP contribution >= 0.6 is 0 Å². The van der Waals surface area contributed by atoms with E-state index >= 15 is 4.80 Å². The van der Waals surface area contributed by atoms with Crippen LogP contribution in [0.2, 0.25) is 16.6 Å². The fourth-order valence-corrected chi connectivity index (χ4v) is 11.4. The minimum Gasteiger partial charge on any atom is -1.00 e. The van der Waals surface area contributed by atoms with E-state index in [-0.39, 0.29) is 68.3 Å². The van der Waals surface area contributed by atoms with Gasteiger partial charge in [-0.3, -0.25) is 0 Å². The topological polar surface area (TPSA) is 23.1 Å². The van der Waals surface area contributed by atoms with Crippen molar-refractivity contribution in [3.05, 3.63) is 72.9 Å². The van der Waals surface area contributed by atoms with E-state index in [9.17, 15) is 0 Å². The van der Waals surface area contributed by atoms with Crippen LogP contribution in [-0.2, 0) is 0 Å². The average molecular weight is 425 g/mol. The molecule has 0 saturated heterocycles. The summed E-state index contributed by atoms with van der Waals surface area (Å²) in [5.74, 6) is 0. The maximum atomic E-state index is 15.3. The smallest absolute Gasteiger partial charge is 1.00 e. The van der Waals surface area contributed by atoms with Gasteiger partial charge in [-0.1, -0.05) is 114 Å². The molecule has 0 saturated carbocycles. The van der Waals surface area contributed by atoms with E-state index in [1.165, 1.54) is 0 Å². The van der Waals surface area contributed by atoms with Crippen LogP contribution in [0.3, 0.4) is 0 Å². The normalized spacial score (nSPS) is 32.9. The van der Waals surface area contributed by atoms with Gasteiger partial charge in [0, 0.05) is 0 Å². The van der Waals surface area contributed by atoms with Crippen LogP contribution in [-0.4, -0.2) is 31.4 Å². The van der Waals surface area contributed by atoms with E-state index < -0.39 is 8.32 Å². The van der Waals surface area contributed by atoms with Crippen molar-refractivity contribution >= 4 is 31.4 Å². The molecule has 0 bridgehead atoms. The van der Waals surface area contributed by atoms with Gasteiger partial charge in [0.25, 0.3) is 0 Å². The Morgan fingerprint density at radius 3 is 1.04 bits per heavy atom. The van der Waals surface area contributed by atoms with Crippen LogP contribution in [0, 0.1) is 16.2 Å². The molecular weight excluding hydrogens is 392 g/mol. The van der Waals surface area contributed by atoms with Crippen LogP contribution in [0.1, 0.15) is 41.5 Å². The average Bonchev–Trinajstić information content (AvgIpc) is 2.53. The molecule has 0 fully saturated rings. The molecule has 0 radical (unpaired) electrons. The van der Waals surface area contributed by atoms with Crippen molar-refractivity contribution in [3.63, 3.8) is 0 Å². The number of rotatable bonds is 3. The second-order valence-electron chi connectivity index (χ2n) is 9.98. The number of hydrogen-bond acceptors (Lipinski definition) is 1. The van der Waals surface area contributed by atoms with E-state index in [0.29, 0.717) is 0 Å². The molecule has 1 nitrogen and oxygen atoms in total. The second kappa shape index (κ2) is 8.81. The summed E-state index contributed by atoms with van der Waals surface area (Å²) < 4.78 is 0. The molecule has 0 spiro atoms. The van der Waals surface area contributed by atoms with Gasteiger partial charge in [-0.05, 0) is 41.2 Å². The SMILES string of the molecule is CC1(C)C=CC=CC1[Si]([O-])(C1C=CC=CC1(C)C)C1C=CC=CC1(C)C.[Cl-].[Mg+2]. The predicted octanol–water partition coefficient (Wildman–Crippen LogP) is 2.48. The van der Waals surface area contributed by atoms with Crippen molar-refractivity contribution in [1.29, 1.82) is 0 Å². The number of hydrogen-bond donors (Lipinski definition) is 0. The summed E-state index contributed by atoms with van der Waals surface area (Å²) in [5, 5.41) is 0. The van der Waals surface area contributed by atoms with E-state index in [1.807, 2.05) is 0 Å². The third kappa shape index (κ3) is 4.39. The second-order valence-corrected chi connectivity index (χ2v) is 13.6. The molecule has 0 heterocycles. The molecule has 148 valence electrons. The molecular formula is C24H33ClMgOSi. The van der Waals surface area contributed by atoms with Crippen molar-refractivity contribution in [2.24, 2.45) is 16.2 Å². The van der Waals surface area contributed by atoms with Gasteiger partial charge in [-0.15, -0.1) is 0 Å². The Balaban J connectivity index is 0.00000196. The Morgan fingerprint density at radius 1 is 0.571 bits per heavy atom. The fraction of sp³-hybridized carbons (Fsp3) is 0.500. The third-order valence-corrected chi connectivity index (χ3v) is 12.4.